The Morgan fingerprint density at radius 2 is 0.400 bits per heavy atom. The SMILES string of the molecule is CC(C)[O-].CC(C)[O-].CC(C)[O-].CCCCCCCCCCCCCCCCCCOCCCCCCCCCCCCCCCCCC.[Al+3]. The smallest absolute Gasteiger partial charge is 0.852 e. The van der Waals surface area contributed by atoms with Gasteiger partial charge in [0.15, 0.2) is 0 Å². The van der Waals surface area contributed by atoms with Crippen LogP contribution >= 0.6 is 0 Å². The molecule has 0 aromatic rings. The first-order chi connectivity index (χ1) is 23.6. The van der Waals surface area contributed by atoms with Gasteiger partial charge in [0.25, 0.3) is 0 Å². The molecule has 302 valence electrons. The normalized spacial score (nSPS) is 10.7. The van der Waals surface area contributed by atoms with Crippen molar-refractivity contribution in [2.24, 2.45) is 0 Å². The molecule has 0 aliphatic rings. The predicted molar refractivity (Wildman–Crippen MR) is 221 cm³/mol. The summed E-state index contributed by atoms with van der Waals surface area (Å²) in [6.45, 7) is 16.3. The second kappa shape index (κ2) is 58.7. The van der Waals surface area contributed by atoms with Crippen molar-refractivity contribution in [3.05, 3.63) is 0 Å². The first kappa shape index (κ1) is 59.6. The van der Waals surface area contributed by atoms with Gasteiger partial charge in [-0.15, -0.1) is 18.3 Å². The van der Waals surface area contributed by atoms with Gasteiger partial charge in [0.2, 0.25) is 0 Å². The molecule has 0 rings (SSSR count). The summed E-state index contributed by atoms with van der Waals surface area (Å²) in [6, 6.07) is 0. The van der Waals surface area contributed by atoms with E-state index in [-0.39, 0.29) is 17.4 Å². The molecule has 5 heteroatoms. The summed E-state index contributed by atoms with van der Waals surface area (Å²) in [6.07, 6.45) is 44.8. The van der Waals surface area contributed by atoms with E-state index in [0.29, 0.717) is 0 Å². The molecule has 0 aromatic heterocycles. The molecule has 0 saturated carbocycles. The Bertz CT molecular complexity index is 445. The average molecular weight is 727 g/mol. The van der Waals surface area contributed by atoms with Crippen LogP contribution in [0, 0.1) is 0 Å². The quantitative estimate of drug-likeness (QED) is 0.0488. The minimum atomic E-state index is -0.417. The first-order valence-electron chi connectivity index (χ1n) is 22.2. The molecule has 50 heavy (non-hydrogen) atoms. The topological polar surface area (TPSA) is 78.4 Å². The molecule has 0 aliphatic heterocycles. The van der Waals surface area contributed by atoms with Crippen LogP contribution in [0.4, 0.5) is 0 Å². The maximum absolute atomic E-state index is 9.53. The van der Waals surface area contributed by atoms with Gasteiger partial charge in [-0.25, -0.2) is 0 Å². The zero-order valence-corrected chi connectivity index (χ0v) is 37.1. The van der Waals surface area contributed by atoms with Crippen molar-refractivity contribution in [3.8, 4) is 0 Å². The summed E-state index contributed by atoms with van der Waals surface area (Å²) < 4.78 is 5.87. The van der Waals surface area contributed by atoms with E-state index in [9.17, 15) is 15.3 Å². The molecule has 0 radical (unpaired) electrons. The second-order valence-electron chi connectivity index (χ2n) is 15.4. The molecule has 0 aliphatic carbocycles. The van der Waals surface area contributed by atoms with Crippen molar-refractivity contribution in [1.82, 2.24) is 0 Å². The van der Waals surface area contributed by atoms with Crippen molar-refractivity contribution >= 4 is 17.4 Å². The Kier molecular flexibility index (Phi) is 70.0. The van der Waals surface area contributed by atoms with E-state index in [1.807, 2.05) is 0 Å². The molecule has 0 heterocycles. The monoisotopic (exact) mass is 727 g/mol. The Balaban J connectivity index is -0.000000445. The van der Waals surface area contributed by atoms with Crippen molar-refractivity contribution in [2.75, 3.05) is 13.2 Å². The molecule has 0 aromatic carbocycles. The zero-order valence-electron chi connectivity index (χ0n) is 36.0. The fourth-order valence-electron chi connectivity index (χ4n) is 5.61. The third-order valence-electron chi connectivity index (χ3n) is 8.28. The van der Waals surface area contributed by atoms with Crippen LogP contribution in [0.25, 0.3) is 0 Å². The van der Waals surface area contributed by atoms with Gasteiger partial charge in [0.1, 0.15) is 0 Å². The Morgan fingerprint density at radius 3 is 0.540 bits per heavy atom. The molecule has 0 unspecified atom stereocenters. The van der Waals surface area contributed by atoms with E-state index in [1.165, 1.54) is 205 Å². The number of hydrogen-bond acceptors (Lipinski definition) is 4. The van der Waals surface area contributed by atoms with Crippen molar-refractivity contribution in [1.29, 1.82) is 0 Å². The van der Waals surface area contributed by atoms with Crippen LogP contribution in [0.15, 0.2) is 0 Å². The van der Waals surface area contributed by atoms with E-state index < -0.39 is 18.3 Å². The van der Waals surface area contributed by atoms with Gasteiger partial charge in [0, 0.05) is 13.2 Å². The standard InChI is InChI=1S/C36H74O.3C3H7O.Al/c1-3-5-7-9-11-13-15-17-19-21-23-25-27-29-31-33-35-37-36-34-32-30-28-26-24-22-20-18-16-14-12-10-8-6-4-2;3*1-3(2)4;/h3-36H2,1-2H3;3*3H,1-2H3;/q;3*-1;+3. The third-order valence-corrected chi connectivity index (χ3v) is 8.28. The zero-order chi connectivity index (χ0) is 37.5. The minimum absolute atomic E-state index is 0. The molecular weight excluding hydrogens is 631 g/mol. The van der Waals surface area contributed by atoms with Crippen LogP contribution in [-0.2, 0) is 4.74 Å². The molecule has 0 spiro atoms. The van der Waals surface area contributed by atoms with Gasteiger partial charge in [-0.3, -0.25) is 0 Å². The van der Waals surface area contributed by atoms with Crippen LogP contribution < -0.4 is 15.3 Å². The maximum atomic E-state index is 9.53. The number of rotatable bonds is 34. The van der Waals surface area contributed by atoms with Crippen LogP contribution in [0.2, 0.25) is 0 Å². The van der Waals surface area contributed by atoms with E-state index in [1.54, 1.807) is 41.5 Å². The molecule has 0 N–H and O–H groups in total. The summed E-state index contributed by atoms with van der Waals surface area (Å²) in [4.78, 5) is 0. The predicted octanol–water partition coefficient (Wildman–Crippen LogP) is 12.4. The summed E-state index contributed by atoms with van der Waals surface area (Å²) in [7, 11) is 0. The van der Waals surface area contributed by atoms with Crippen molar-refractivity contribution in [2.45, 2.75) is 279 Å². The van der Waals surface area contributed by atoms with Gasteiger partial charge in [-0.1, -0.05) is 248 Å². The Morgan fingerprint density at radius 1 is 0.280 bits per heavy atom. The minimum Gasteiger partial charge on any atom is -0.852 e. The van der Waals surface area contributed by atoms with E-state index >= 15 is 0 Å². The van der Waals surface area contributed by atoms with Gasteiger partial charge in [-0.2, -0.15) is 0 Å². The van der Waals surface area contributed by atoms with Gasteiger partial charge >= 0.3 is 17.4 Å². The number of ether oxygens (including phenoxy) is 1. The van der Waals surface area contributed by atoms with Crippen LogP contribution in [0.5, 0.6) is 0 Å². The van der Waals surface area contributed by atoms with Gasteiger partial charge < -0.3 is 20.1 Å². The van der Waals surface area contributed by atoms with Crippen molar-refractivity contribution < 1.29 is 20.1 Å². The second-order valence-corrected chi connectivity index (χ2v) is 15.4. The summed E-state index contributed by atoms with van der Waals surface area (Å²) in [5.41, 5.74) is 0. The Labute approximate surface area is 328 Å². The molecule has 0 bridgehead atoms. The number of unbranched alkanes of at least 4 members (excludes halogenated alkanes) is 30. The molecule has 0 saturated heterocycles. The summed E-state index contributed by atoms with van der Waals surface area (Å²) >= 11 is 0. The fourth-order valence-corrected chi connectivity index (χ4v) is 5.61. The largest absolute Gasteiger partial charge is 3.00 e. The van der Waals surface area contributed by atoms with Crippen LogP contribution in [0.1, 0.15) is 261 Å². The molecule has 0 atom stereocenters. The van der Waals surface area contributed by atoms with Crippen LogP contribution in [0.3, 0.4) is 0 Å². The van der Waals surface area contributed by atoms with Crippen molar-refractivity contribution in [3.63, 3.8) is 0 Å². The van der Waals surface area contributed by atoms with E-state index in [0.717, 1.165) is 13.2 Å². The summed E-state index contributed by atoms with van der Waals surface area (Å²) in [5.74, 6) is 0. The maximum Gasteiger partial charge on any atom is 3.00 e. The molecule has 0 amide bonds. The van der Waals surface area contributed by atoms with Gasteiger partial charge in [-0.05, 0) is 12.8 Å². The molecule has 4 nitrogen and oxygen atoms in total. The fraction of sp³-hybridized carbons (Fsp3) is 1.00. The van der Waals surface area contributed by atoms with Gasteiger partial charge in [0.05, 0.1) is 0 Å². The van der Waals surface area contributed by atoms with Crippen LogP contribution in [-0.4, -0.2) is 48.9 Å². The first-order valence-corrected chi connectivity index (χ1v) is 22.2. The Hall–Kier alpha value is 0.372. The third kappa shape index (κ3) is 91.9. The number of hydrogen-bond donors (Lipinski definition) is 0. The molecular formula is C45H95AlO4. The van der Waals surface area contributed by atoms with E-state index in [4.69, 9.17) is 4.74 Å². The van der Waals surface area contributed by atoms with E-state index in [2.05, 4.69) is 13.8 Å². The average Bonchev–Trinajstić information content (AvgIpc) is 3.02. The summed E-state index contributed by atoms with van der Waals surface area (Å²) in [5, 5.41) is 28.6. The molecule has 0 fully saturated rings.